The van der Waals surface area contributed by atoms with Gasteiger partial charge in [0.05, 0.1) is 0 Å². The number of nitrogens with zero attached hydrogens (tertiary/aromatic N) is 5. The van der Waals surface area contributed by atoms with Crippen LogP contribution in [-0.4, -0.2) is 87.1 Å². The molecule has 3 heterocycles. The van der Waals surface area contributed by atoms with Crippen LogP contribution in [-0.2, 0) is 25.7 Å². The van der Waals surface area contributed by atoms with Gasteiger partial charge < -0.3 is 26.4 Å². The Labute approximate surface area is 205 Å². The van der Waals surface area contributed by atoms with Crippen LogP contribution in [0, 0.1) is 0 Å². The Hall–Kier alpha value is -3.63. The number of amides is 2. The van der Waals surface area contributed by atoms with Gasteiger partial charge in [-0.15, -0.1) is 16.9 Å². The van der Waals surface area contributed by atoms with Gasteiger partial charge in [0.15, 0.2) is 0 Å². The fraction of sp³-hybridized carbons (Fsp3) is 0.316. The number of phenolic OH excluding ortho intramolecular Hbond substituents is 1. The third kappa shape index (κ3) is 4.94. The predicted octanol–water partition coefficient (Wildman–Crippen LogP) is -1.01. The van der Waals surface area contributed by atoms with Gasteiger partial charge in [0.2, 0.25) is 11.1 Å². The van der Waals surface area contributed by atoms with Crippen molar-refractivity contribution >= 4 is 47.3 Å². The van der Waals surface area contributed by atoms with Crippen molar-refractivity contribution in [2.75, 3.05) is 11.5 Å². The summed E-state index contributed by atoms with van der Waals surface area (Å²) in [5, 5.41) is 41.0. The molecule has 2 amide bonds. The lowest BCUT2D eigenvalue weighted by molar-refractivity contribution is -0.150. The van der Waals surface area contributed by atoms with Crippen LogP contribution in [0.15, 0.2) is 40.7 Å². The Morgan fingerprint density at radius 2 is 1.97 bits per heavy atom. The number of aliphatic carboxylic acids is 2. The van der Waals surface area contributed by atoms with E-state index in [0.29, 0.717) is 11.1 Å². The monoisotopic (exact) mass is 521 g/mol. The van der Waals surface area contributed by atoms with E-state index in [2.05, 4.69) is 20.8 Å². The van der Waals surface area contributed by atoms with Crippen molar-refractivity contribution in [3.05, 3.63) is 41.1 Å². The maximum atomic E-state index is 12.8. The fourth-order valence-corrected chi connectivity index (χ4v) is 5.91. The second-order valence-electron chi connectivity index (χ2n) is 7.52. The lowest BCUT2D eigenvalue weighted by Gasteiger charge is -2.49. The third-order valence-corrected chi connectivity index (χ3v) is 7.62. The summed E-state index contributed by atoms with van der Waals surface area (Å²) in [6.07, 6.45) is 0. The number of aromatic hydroxyl groups is 1. The largest absolute Gasteiger partial charge is 0.508 e. The van der Waals surface area contributed by atoms with E-state index in [1.165, 1.54) is 36.0 Å². The number of carboxylic acid groups (broad SMARTS) is 2. The maximum absolute atomic E-state index is 12.8. The average molecular weight is 522 g/mol. The Balaban J connectivity index is 1.45. The van der Waals surface area contributed by atoms with E-state index in [9.17, 15) is 29.4 Å². The molecule has 14 nitrogen and oxygen atoms in total. The van der Waals surface area contributed by atoms with Crippen LogP contribution in [0.5, 0.6) is 5.75 Å². The smallest absolute Gasteiger partial charge is 0.352 e. The van der Waals surface area contributed by atoms with Crippen molar-refractivity contribution in [3.8, 4) is 5.75 Å². The number of carbonyl (C=O) groups excluding carboxylic acids is 2. The third-order valence-electron chi connectivity index (χ3n) is 5.24. The number of fused-ring (bicyclic) bond motifs is 1. The first kappa shape index (κ1) is 24.5. The Morgan fingerprint density at radius 1 is 1.26 bits per heavy atom. The summed E-state index contributed by atoms with van der Waals surface area (Å²) < 4.78 is 1.07. The van der Waals surface area contributed by atoms with Crippen LogP contribution >= 0.6 is 23.5 Å². The summed E-state index contributed by atoms with van der Waals surface area (Å²) in [6.45, 7) is -0.449. The second-order valence-corrected chi connectivity index (χ2v) is 9.57. The zero-order chi connectivity index (χ0) is 25.3. The molecular weight excluding hydrogens is 502 g/mol. The fourth-order valence-electron chi connectivity index (χ4n) is 3.55. The molecule has 16 heteroatoms. The number of tetrazole rings is 1. The van der Waals surface area contributed by atoms with E-state index in [0.717, 1.165) is 21.3 Å². The number of rotatable bonds is 9. The molecule has 2 aliphatic heterocycles. The van der Waals surface area contributed by atoms with Gasteiger partial charge in [-0.3, -0.25) is 19.3 Å². The number of nitrogens with one attached hydrogen (secondary N) is 1. The Bertz CT molecular complexity index is 1220. The summed E-state index contributed by atoms with van der Waals surface area (Å²) >= 11 is 2.34. The van der Waals surface area contributed by atoms with Crippen molar-refractivity contribution in [1.82, 2.24) is 30.4 Å². The summed E-state index contributed by atoms with van der Waals surface area (Å²) in [5.74, 6) is -3.22. The van der Waals surface area contributed by atoms with Crippen LogP contribution in [0.4, 0.5) is 0 Å². The van der Waals surface area contributed by atoms with E-state index < -0.39 is 47.8 Å². The molecule has 3 atom stereocenters. The second kappa shape index (κ2) is 9.93. The number of aromatic nitrogens is 4. The molecule has 0 bridgehead atoms. The first-order valence-electron chi connectivity index (χ1n) is 10.0. The molecule has 0 aliphatic carbocycles. The van der Waals surface area contributed by atoms with Gasteiger partial charge in [0, 0.05) is 11.5 Å². The molecular formula is C19H19N7O7S2. The minimum Gasteiger partial charge on any atom is -0.508 e. The van der Waals surface area contributed by atoms with Gasteiger partial charge >= 0.3 is 11.9 Å². The standard InChI is InChI=1S/C19H19N7O7S2/c20-12(8-1-3-10(27)4-2-8)15(30)21-13-16(31)26-14(18(32)33)9(6-34-17(13)26)7-35-19-22-23-24-25(19)5-11(28)29/h1-4,12-13,17,27H,5-7,20H2,(H,21,30)(H,28,29)(H,32,33)/t12-,13?,17-/m1/s1. The molecule has 1 fully saturated rings. The average Bonchev–Trinajstić information content (AvgIpc) is 3.26. The lowest BCUT2D eigenvalue weighted by Crippen LogP contribution is -2.71. The number of nitrogens with two attached hydrogens (primary N) is 1. The molecule has 0 saturated carbocycles. The number of phenols is 1. The van der Waals surface area contributed by atoms with Crippen molar-refractivity contribution in [3.63, 3.8) is 0 Å². The van der Waals surface area contributed by atoms with Crippen molar-refractivity contribution in [1.29, 1.82) is 0 Å². The summed E-state index contributed by atoms with van der Waals surface area (Å²) in [6, 6.07) is 3.74. The van der Waals surface area contributed by atoms with E-state index in [4.69, 9.17) is 10.8 Å². The molecule has 184 valence electrons. The highest BCUT2D eigenvalue weighted by atomic mass is 32.2. The Kier molecular flexibility index (Phi) is 6.95. The molecule has 1 unspecified atom stereocenters. The Morgan fingerprint density at radius 3 is 2.63 bits per heavy atom. The predicted molar refractivity (Wildman–Crippen MR) is 121 cm³/mol. The van der Waals surface area contributed by atoms with Crippen LogP contribution in [0.25, 0.3) is 0 Å². The van der Waals surface area contributed by atoms with Crippen molar-refractivity contribution < 1.29 is 34.5 Å². The van der Waals surface area contributed by atoms with E-state index in [1.54, 1.807) is 0 Å². The van der Waals surface area contributed by atoms with Crippen LogP contribution in [0.3, 0.4) is 0 Å². The number of carbonyl (C=O) groups is 4. The molecule has 2 aromatic rings. The minimum absolute atomic E-state index is 0.0186. The molecule has 1 saturated heterocycles. The maximum Gasteiger partial charge on any atom is 0.352 e. The molecule has 1 aromatic heterocycles. The van der Waals surface area contributed by atoms with Crippen LogP contribution in [0.1, 0.15) is 11.6 Å². The highest BCUT2D eigenvalue weighted by molar-refractivity contribution is 8.01. The summed E-state index contributed by atoms with van der Waals surface area (Å²) in [5.41, 5.74) is 6.66. The number of carboxylic acids is 2. The van der Waals surface area contributed by atoms with Gasteiger partial charge in [0.25, 0.3) is 5.91 Å². The first-order chi connectivity index (χ1) is 16.7. The molecule has 2 aliphatic rings. The highest BCUT2D eigenvalue weighted by Crippen LogP contribution is 2.41. The number of benzene rings is 1. The zero-order valence-corrected chi connectivity index (χ0v) is 19.4. The summed E-state index contributed by atoms with van der Waals surface area (Å²) in [7, 11) is 0. The number of thioether (sulfide) groups is 2. The first-order valence-corrected chi connectivity index (χ1v) is 12.1. The van der Waals surface area contributed by atoms with Crippen molar-refractivity contribution in [2.45, 2.75) is 29.2 Å². The molecule has 1 aromatic carbocycles. The molecule has 0 spiro atoms. The van der Waals surface area contributed by atoms with E-state index in [1.807, 2.05) is 0 Å². The van der Waals surface area contributed by atoms with E-state index >= 15 is 0 Å². The van der Waals surface area contributed by atoms with Gasteiger partial charge in [-0.2, -0.15) is 0 Å². The van der Waals surface area contributed by atoms with Crippen molar-refractivity contribution in [2.24, 2.45) is 5.73 Å². The summed E-state index contributed by atoms with van der Waals surface area (Å²) in [4.78, 5) is 49.5. The number of hydrogen-bond acceptors (Lipinski definition) is 11. The highest BCUT2D eigenvalue weighted by Gasteiger charge is 2.54. The zero-order valence-electron chi connectivity index (χ0n) is 17.8. The molecule has 6 N–H and O–H groups in total. The van der Waals surface area contributed by atoms with Crippen LogP contribution < -0.4 is 11.1 Å². The van der Waals surface area contributed by atoms with Gasteiger partial charge in [-0.05, 0) is 33.7 Å². The van der Waals surface area contributed by atoms with Gasteiger partial charge in [-0.1, -0.05) is 23.9 Å². The molecule has 0 radical (unpaired) electrons. The van der Waals surface area contributed by atoms with Gasteiger partial charge in [-0.25, -0.2) is 9.48 Å². The number of β-lactam (4-membered cyclic amide) rings is 1. The van der Waals surface area contributed by atoms with Crippen LogP contribution in [0.2, 0.25) is 0 Å². The minimum atomic E-state index is -1.30. The number of hydrogen-bond donors (Lipinski definition) is 5. The molecule has 4 rings (SSSR count). The lowest BCUT2D eigenvalue weighted by atomic mass is 10.0. The molecule has 35 heavy (non-hydrogen) atoms. The van der Waals surface area contributed by atoms with E-state index in [-0.39, 0.29) is 28.1 Å². The topological polar surface area (TPSA) is 214 Å². The normalized spacial score (nSPS) is 20.1. The quantitative estimate of drug-likeness (QED) is 0.198. The van der Waals surface area contributed by atoms with Gasteiger partial charge in [0.1, 0.15) is 35.4 Å². The SMILES string of the molecule is N[C@@H](C(=O)NC1C(=O)N2C(C(=O)O)=C(CSc3nnnn3CC(=O)O)CS[C@H]12)c1ccc(O)cc1.